The lowest BCUT2D eigenvalue weighted by molar-refractivity contribution is -0.122. The third kappa shape index (κ3) is 3.88. The van der Waals surface area contributed by atoms with Crippen molar-refractivity contribution >= 4 is 21.8 Å². The molecule has 26 heavy (non-hydrogen) atoms. The second-order valence-electron chi connectivity index (χ2n) is 6.69. The van der Waals surface area contributed by atoms with Crippen LogP contribution >= 0.6 is 15.9 Å². The number of carbonyl (C=O) groups is 1. The quantitative estimate of drug-likeness (QED) is 0.665. The van der Waals surface area contributed by atoms with Gasteiger partial charge < -0.3 is 5.32 Å². The van der Waals surface area contributed by atoms with E-state index in [-0.39, 0.29) is 11.8 Å². The van der Waals surface area contributed by atoms with Crippen LogP contribution in [0.25, 0.3) is 0 Å². The normalized spacial score (nSPS) is 18.5. The maximum atomic E-state index is 12.5. The van der Waals surface area contributed by atoms with Crippen LogP contribution in [0, 0.1) is 5.92 Å². The van der Waals surface area contributed by atoms with Crippen LogP contribution in [0.15, 0.2) is 71.5 Å². The lowest BCUT2D eigenvalue weighted by Crippen LogP contribution is -2.25. The highest BCUT2D eigenvalue weighted by molar-refractivity contribution is 9.10. The fourth-order valence-electron chi connectivity index (χ4n) is 3.36. The fraction of sp³-hybridized carbons (Fsp3) is 0.238. The van der Waals surface area contributed by atoms with Gasteiger partial charge in [-0.1, -0.05) is 52.3 Å². The molecule has 1 heterocycles. The summed E-state index contributed by atoms with van der Waals surface area (Å²) in [7, 11) is 0. The first-order valence-corrected chi connectivity index (χ1v) is 9.57. The summed E-state index contributed by atoms with van der Waals surface area (Å²) < 4.78 is 2.96. The molecular weight excluding hydrogens is 390 g/mol. The van der Waals surface area contributed by atoms with Gasteiger partial charge in [0.05, 0.1) is 6.54 Å². The van der Waals surface area contributed by atoms with Gasteiger partial charge in [0.25, 0.3) is 0 Å². The predicted octanol–water partition coefficient (Wildman–Crippen LogP) is 4.11. The number of rotatable bonds is 6. The fourth-order valence-corrected chi connectivity index (χ4v) is 3.77. The zero-order valence-corrected chi connectivity index (χ0v) is 15.9. The molecule has 1 aromatic heterocycles. The van der Waals surface area contributed by atoms with Crippen molar-refractivity contribution in [2.75, 3.05) is 0 Å². The maximum absolute atomic E-state index is 12.5. The molecule has 2 unspecified atom stereocenters. The second-order valence-corrected chi connectivity index (χ2v) is 7.61. The van der Waals surface area contributed by atoms with Crippen molar-refractivity contribution in [2.45, 2.75) is 25.4 Å². The molecule has 1 saturated carbocycles. The van der Waals surface area contributed by atoms with E-state index in [0.29, 0.717) is 19.0 Å². The van der Waals surface area contributed by atoms with Crippen LogP contribution in [-0.4, -0.2) is 15.7 Å². The minimum Gasteiger partial charge on any atom is -0.352 e. The summed E-state index contributed by atoms with van der Waals surface area (Å²) in [4.78, 5) is 12.5. The molecule has 0 saturated heterocycles. The summed E-state index contributed by atoms with van der Waals surface area (Å²) in [6.45, 7) is 1.26. The molecule has 5 heteroatoms. The van der Waals surface area contributed by atoms with Gasteiger partial charge in [-0.15, -0.1) is 0 Å². The van der Waals surface area contributed by atoms with Gasteiger partial charge in [-0.25, -0.2) is 0 Å². The van der Waals surface area contributed by atoms with E-state index in [0.717, 1.165) is 16.5 Å². The highest BCUT2D eigenvalue weighted by Crippen LogP contribution is 2.47. The monoisotopic (exact) mass is 409 g/mol. The summed E-state index contributed by atoms with van der Waals surface area (Å²) in [6, 6.07) is 18.3. The Morgan fingerprint density at radius 2 is 2.00 bits per heavy atom. The lowest BCUT2D eigenvalue weighted by atomic mass is 10.1. The Kier molecular flexibility index (Phi) is 4.89. The Hall–Kier alpha value is -2.40. The van der Waals surface area contributed by atoms with Crippen molar-refractivity contribution in [3.05, 3.63) is 88.2 Å². The van der Waals surface area contributed by atoms with Gasteiger partial charge in [-0.3, -0.25) is 9.48 Å². The number of aromatic nitrogens is 2. The highest BCUT2D eigenvalue weighted by atomic mass is 79.9. The van der Waals surface area contributed by atoms with E-state index in [1.807, 2.05) is 41.2 Å². The highest BCUT2D eigenvalue weighted by Gasteiger charge is 2.43. The number of amides is 1. The molecular formula is C21H20BrN3O. The molecule has 4 rings (SSSR count). The third-order valence-corrected chi connectivity index (χ3v) is 5.36. The molecule has 1 aliphatic rings. The molecule has 3 aromatic rings. The molecule has 132 valence electrons. The molecule has 1 fully saturated rings. The minimum atomic E-state index is 0.0857. The summed E-state index contributed by atoms with van der Waals surface area (Å²) in [5.74, 6) is 0.568. The zero-order valence-electron chi connectivity index (χ0n) is 14.3. The number of nitrogens with one attached hydrogen (secondary N) is 1. The maximum Gasteiger partial charge on any atom is 0.224 e. The van der Waals surface area contributed by atoms with Crippen LogP contribution in [0.2, 0.25) is 0 Å². The standard InChI is InChI=1S/C21H20BrN3O/c22-18-8-3-7-15(11-18)19-12-20(19)21(26)23-13-16-5-1-2-6-17(16)14-25-10-4-9-24-25/h1-11,19-20H,12-14H2,(H,23,26). The van der Waals surface area contributed by atoms with Crippen LogP contribution < -0.4 is 5.32 Å². The molecule has 0 bridgehead atoms. The number of benzene rings is 2. The number of hydrogen-bond acceptors (Lipinski definition) is 2. The van der Waals surface area contributed by atoms with Crippen molar-refractivity contribution in [1.82, 2.24) is 15.1 Å². The average molecular weight is 410 g/mol. The topological polar surface area (TPSA) is 46.9 Å². The van der Waals surface area contributed by atoms with E-state index in [2.05, 4.69) is 50.6 Å². The van der Waals surface area contributed by atoms with Crippen molar-refractivity contribution in [3.8, 4) is 0 Å². The first kappa shape index (κ1) is 17.0. The smallest absolute Gasteiger partial charge is 0.224 e. The Morgan fingerprint density at radius 3 is 2.77 bits per heavy atom. The van der Waals surface area contributed by atoms with Gasteiger partial charge >= 0.3 is 0 Å². The van der Waals surface area contributed by atoms with Gasteiger partial charge in [-0.2, -0.15) is 5.10 Å². The Balaban J connectivity index is 1.37. The van der Waals surface area contributed by atoms with Crippen LogP contribution in [0.3, 0.4) is 0 Å². The van der Waals surface area contributed by atoms with E-state index in [9.17, 15) is 4.79 Å². The zero-order chi connectivity index (χ0) is 17.9. The third-order valence-electron chi connectivity index (χ3n) is 4.87. The molecule has 0 aliphatic heterocycles. The minimum absolute atomic E-state index is 0.0857. The summed E-state index contributed by atoms with van der Waals surface area (Å²) in [5.41, 5.74) is 3.55. The first-order valence-electron chi connectivity index (χ1n) is 8.78. The van der Waals surface area contributed by atoms with Crippen LogP contribution in [-0.2, 0) is 17.9 Å². The molecule has 2 aromatic carbocycles. The number of halogens is 1. The van der Waals surface area contributed by atoms with Crippen LogP contribution in [0.1, 0.15) is 29.0 Å². The van der Waals surface area contributed by atoms with Gasteiger partial charge in [0.1, 0.15) is 0 Å². The average Bonchev–Trinajstić information content (AvgIpc) is 3.30. The van der Waals surface area contributed by atoms with Gasteiger partial charge in [0.15, 0.2) is 0 Å². The lowest BCUT2D eigenvalue weighted by Gasteiger charge is -2.11. The Labute approximate surface area is 161 Å². The van der Waals surface area contributed by atoms with E-state index < -0.39 is 0 Å². The summed E-state index contributed by atoms with van der Waals surface area (Å²) in [5, 5.41) is 7.38. The van der Waals surface area contributed by atoms with E-state index >= 15 is 0 Å². The number of nitrogens with zero attached hydrogens (tertiary/aromatic N) is 2. The van der Waals surface area contributed by atoms with Gasteiger partial charge in [0, 0.05) is 29.3 Å². The number of hydrogen-bond donors (Lipinski definition) is 1. The van der Waals surface area contributed by atoms with E-state index in [4.69, 9.17) is 0 Å². The van der Waals surface area contributed by atoms with E-state index in [1.54, 1.807) is 6.20 Å². The van der Waals surface area contributed by atoms with Crippen LogP contribution in [0.5, 0.6) is 0 Å². The molecule has 0 radical (unpaired) electrons. The van der Waals surface area contributed by atoms with Crippen LogP contribution in [0.4, 0.5) is 0 Å². The largest absolute Gasteiger partial charge is 0.352 e. The molecule has 1 amide bonds. The Bertz CT molecular complexity index is 907. The predicted molar refractivity (Wildman–Crippen MR) is 105 cm³/mol. The number of carbonyl (C=O) groups excluding carboxylic acids is 1. The van der Waals surface area contributed by atoms with Gasteiger partial charge in [0.2, 0.25) is 5.91 Å². The van der Waals surface area contributed by atoms with Crippen molar-refractivity contribution in [3.63, 3.8) is 0 Å². The second kappa shape index (κ2) is 7.46. The molecule has 1 aliphatic carbocycles. The first-order chi connectivity index (χ1) is 12.7. The Morgan fingerprint density at radius 1 is 1.15 bits per heavy atom. The summed E-state index contributed by atoms with van der Waals surface area (Å²) >= 11 is 3.50. The molecule has 2 atom stereocenters. The van der Waals surface area contributed by atoms with Gasteiger partial charge in [-0.05, 0) is 47.2 Å². The van der Waals surface area contributed by atoms with E-state index in [1.165, 1.54) is 11.1 Å². The molecule has 4 nitrogen and oxygen atoms in total. The molecule has 0 spiro atoms. The summed E-state index contributed by atoms with van der Waals surface area (Å²) in [6.07, 6.45) is 4.65. The van der Waals surface area contributed by atoms with Crippen molar-refractivity contribution < 1.29 is 4.79 Å². The SMILES string of the molecule is O=C(NCc1ccccc1Cn1cccn1)C1CC1c1cccc(Br)c1. The molecule has 1 N–H and O–H groups in total. The van der Waals surface area contributed by atoms with Crippen molar-refractivity contribution in [2.24, 2.45) is 5.92 Å². The van der Waals surface area contributed by atoms with Crippen molar-refractivity contribution in [1.29, 1.82) is 0 Å².